The Bertz CT molecular complexity index is 1610. The summed E-state index contributed by atoms with van der Waals surface area (Å²) >= 11 is 0. The minimum Gasteiger partial charge on any atom is -0.396 e. The third kappa shape index (κ3) is 8.75. The Balaban J connectivity index is 1.08. The molecule has 4 aliphatic carbocycles. The van der Waals surface area contributed by atoms with Gasteiger partial charge in [-0.25, -0.2) is 0 Å². The van der Waals surface area contributed by atoms with Gasteiger partial charge in [0.15, 0.2) is 25.2 Å². The number of fused-ring (bicyclic) bond motifs is 5. The van der Waals surface area contributed by atoms with Gasteiger partial charge in [0.05, 0.1) is 18.8 Å². The fourth-order valence-corrected chi connectivity index (χ4v) is 12.3. The molecule has 3 saturated carbocycles. The third-order valence-corrected chi connectivity index (χ3v) is 16.2. The van der Waals surface area contributed by atoms with Crippen LogP contribution >= 0.6 is 0 Å². The van der Waals surface area contributed by atoms with Crippen molar-refractivity contribution < 1.29 is 89.1 Å². The topological polar surface area (TPSA) is 292 Å². The third-order valence-electron chi connectivity index (χ3n) is 16.2. The number of rotatable bonds is 13. The average molecular weight is 887 g/mol. The fourth-order valence-electron chi connectivity index (χ4n) is 12.3. The Kier molecular flexibility index (Phi) is 14.8. The number of Topliss-reactive ketones (excluding diaryl/α,β-unsaturated/α-hetero) is 2. The van der Waals surface area contributed by atoms with Gasteiger partial charge in [-0.3, -0.25) is 9.59 Å². The van der Waals surface area contributed by atoms with Gasteiger partial charge in [-0.05, 0) is 86.4 Å². The summed E-state index contributed by atoms with van der Waals surface area (Å²) in [6.45, 7) is 9.05. The molecule has 7 rings (SSSR count). The van der Waals surface area contributed by atoms with E-state index in [2.05, 4.69) is 19.9 Å². The summed E-state index contributed by atoms with van der Waals surface area (Å²) < 4.78 is 35.5. The van der Waals surface area contributed by atoms with Crippen LogP contribution in [0.25, 0.3) is 0 Å². The van der Waals surface area contributed by atoms with Gasteiger partial charge in [-0.1, -0.05) is 39.3 Å². The van der Waals surface area contributed by atoms with Gasteiger partial charge in [0.2, 0.25) is 0 Å². The lowest BCUT2D eigenvalue weighted by atomic mass is 9.47. The van der Waals surface area contributed by atoms with Crippen molar-refractivity contribution in [3.05, 3.63) is 11.6 Å². The Labute approximate surface area is 362 Å². The summed E-state index contributed by atoms with van der Waals surface area (Å²) in [7, 11) is 0. The van der Waals surface area contributed by atoms with Crippen LogP contribution in [-0.4, -0.2) is 174 Å². The van der Waals surface area contributed by atoms with Crippen molar-refractivity contribution in [3.63, 3.8) is 0 Å². The van der Waals surface area contributed by atoms with Gasteiger partial charge < -0.3 is 79.5 Å². The van der Waals surface area contributed by atoms with Crippen LogP contribution in [0.1, 0.15) is 92.4 Å². The first-order valence-corrected chi connectivity index (χ1v) is 22.6. The van der Waals surface area contributed by atoms with E-state index in [0.29, 0.717) is 38.0 Å². The van der Waals surface area contributed by atoms with Crippen molar-refractivity contribution in [2.75, 3.05) is 13.2 Å². The molecule has 10 N–H and O–H groups in total. The van der Waals surface area contributed by atoms with Gasteiger partial charge >= 0.3 is 0 Å². The Morgan fingerprint density at radius 2 is 1.44 bits per heavy atom. The first-order valence-electron chi connectivity index (χ1n) is 22.6. The Morgan fingerprint density at radius 3 is 2.11 bits per heavy atom. The van der Waals surface area contributed by atoms with E-state index in [4.69, 9.17) is 28.4 Å². The lowest BCUT2D eigenvalue weighted by molar-refractivity contribution is -0.400. The second-order valence-corrected chi connectivity index (χ2v) is 20.0. The molecular weight excluding hydrogens is 816 g/mol. The summed E-state index contributed by atoms with van der Waals surface area (Å²) in [5.74, 6) is 0.259. The molecule has 24 atom stereocenters. The molecule has 3 aliphatic heterocycles. The summed E-state index contributed by atoms with van der Waals surface area (Å²) in [6.07, 6.45) is -17.2. The van der Waals surface area contributed by atoms with E-state index in [1.54, 1.807) is 0 Å². The number of hydrogen-bond donors (Lipinski definition) is 10. The van der Waals surface area contributed by atoms with Crippen LogP contribution in [0.3, 0.4) is 0 Å². The number of ketones is 2. The zero-order valence-electron chi connectivity index (χ0n) is 36.3. The molecule has 18 heteroatoms. The van der Waals surface area contributed by atoms with Crippen LogP contribution in [0.5, 0.6) is 0 Å². The normalized spacial score (nSPS) is 50.5. The summed E-state index contributed by atoms with van der Waals surface area (Å²) in [5, 5.41) is 105. The lowest BCUT2D eigenvalue weighted by Crippen LogP contribution is -2.66. The summed E-state index contributed by atoms with van der Waals surface area (Å²) in [5.41, 5.74) is 0.697. The van der Waals surface area contributed by atoms with Crippen LogP contribution < -0.4 is 0 Å². The van der Waals surface area contributed by atoms with Gasteiger partial charge in [-0.2, -0.15) is 0 Å². The predicted molar refractivity (Wildman–Crippen MR) is 213 cm³/mol. The van der Waals surface area contributed by atoms with Gasteiger partial charge in [0.25, 0.3) is 0 Å². The molecule has 62 heavy (non-hydrogen) atoms. The number of aliphatic hydroxyl groups is 10. The SMILES string of the molecule is CC1O[C@@H](O[C@@H]2C(CO)O[C@@H](OC3CC[C@@]4(C)C(=CC[C@H]5[C@@H]6CC(=O)[C@H]([C@H](C)C(=O)CC[C@@H](C)CO)[C@@]6(C)CC[C@@H]54)C3)C(O[C@@H]3OC(O)[C@H](O)[C@H](O)C3O)[C@H]2O)C(O)[C@@H](O)[C@H]1O. The van der Waals surface area contributed by atoms with Crippen LogP contribution in [-0.2, 0) is 38.0 Å². The van der Waals surface area contributed by atoms with E-state index in [9.17, 15) is 60.7 Å². The van der Waals surface area contributed by atoms with Gasteiger partial charge in [0, 0.05) is 31.3 Å². The molecule has 0 amide bonds. The molecule has 18 nitrogen and oxygen atoms in total. The van der Waals surface area contributed by atoms with Crippen LogP contribution in [0.15, 0.2) is 11.6 Å². The highest BCUT2D eigenvalue weighted by atomic mass is 16.8. The van der Waals surface area contributed by atoms with Crippen molar-refractivity contribution in [2.45, 2.75) is 191 Å². The van der Waals surface area contributed by atoms with E-state index < -0.39 is 105 Å². The molecule has 0 radical (unpaired) electrons. The molecule has 0 spiro atoms. The second-order valence-electron chi connectivity index (χ2n) is 20.0. The zero-order chi connectivity index (χ0) is 45.2. The molecule has 6 fully saturated rings. The molecule has 7 aliphatic rings. The fraction of sp³-hybridized carbons (Fsp3) is 0.909. The second kappa shape index (κ2) is 19.0. The van der Waals surface area contributed by atoms with Crippen molar-refractivity contribution in [1.29, 1.82) is 0 Å². The smallest absolute Gasteiger partial charge is 0.189 e. The van der Waals surface area contributed by atoms with E-state index in [1.807, 2.05) is 13.8 Å². The Morgan fingerprint density at radius 1 is 0.774 bits per heavy atom. The van der Waals surface area contributed by atoms with Crippen molar-refractivity contribution >= 4 is 11.6 Å². The lowest BCUT2D eigenvalue weighted by Gasteiger charge is -2.58. The number of carbonyl (C=O) groups is 2. The molecule has 0 aromatic rings. The van der Waals surface area contributed by atoms with E-state index in [-0.39, 0.29) is 58.6 Å². The average Bonchev–Trinajstić information content (AvgIpc) is 3.52. The highest BCUT2D eigenvalue weighted by Gasteiger charge is 2.63. The molecule has 0 aromatic carbocycles. The quantitative estimate of drug-likeness (QED) is 0.101. The number of aliphatic hydroxyl groups excluding tert-OH is 10. The van der Waals surface area contributed by atoms with Crippen LogP contribution in [0, 0.1) is 46.3 Å². The zero-order valence-corrected chi connectivity index (χ0v) is 36.3. The standard InChI is InChI=1S/C44H70O18/c1-18(16-45)6-9-26(47)19(2)29-27(48)15-25-23-8-7-21-14-22(10-12-43(21,4)24(23)11-13-44(25,29)5)58-42-38(61-41-35(54)32(51)33(52)39(56)62-41)36(55)37(28(17-46)59-42)60-40-34(53)31(50)30(49)20(3)57-40/h7,18-20,22-25,28-42,45-46,49-56H,6,8-17H2,1-5H3/t18-,19-,20?,22?,23-,24+,25+,28?,29+,30+,31+,32+,33-,34?,35?,36+,37-,38?,39?,40+,41-,42-,43+,44+/m1/s1. The van der Waals surface area contributed by atoms with Gasteiger partial charge in [0.1, 0.15) is 72.6 Å². The molecule has 3 heterocycles. The Hall–Kier alpha value is -1.56. The molecule has 7 unspecified atom stereocenters. The summed E-state index contributed by atoms with van der Waals surface area (Å²) in [6, 6.07) is 0. The van der Waals surface area contributed by atoms with Gasteiger partial charge in [-0.15, -0.1) is 0 Å². The minimum absolute atomic E-state index is 0.0222. The van der Waals surface area contributed by atoms with E-state index >= 15 is 0 Å². The van der Waals surface area contributed by atoms with Crippen LogP contribution in [0.4, 0.5) is 0 Å². The molecule has 3 saturated heterocycles. The first kappa shape index (κ1) is 48.4. The number of carbonyl (C=O) groups excluding carboxylic acids is 2. The maximum absolute atomic E-state index is 13.8. The minimum atomic E-state index is -1.97. The highest BCUT2D eigenvalue weighted by molar-refractivity contribution is 5.92. The van der Waals surface area contributed by atoms with E-state index in [0.717, 1.165) is 25.7 Å². The summed E-state index contributed by atoms with van der Waals surface area (Å²) in [4.78, 5) is 27.2. The van der Waals surface area contributed by atoms with Crippen molar-refractivity contribution in [1.82, 2.24) is 0 Å². The number of hydrogen-bond acceptors (Lipinski definition) is 18. The molecule has 354 valence electrons. The largest absolute Gasteiger partial charge is 0.396 e. The number of ether oxygens (including phenoxy) is 6. The predicted octanol–water partition coefficient (Wildman–Crippen LogP) is -0.823. The molecule has 0 aromatic heterocycles. The molecule has 0 bridgehead atoms. The van der Waals surface area contributed by atoms with E-state index in [1.165, 1.54) is 12.5 Å². The molecular formula is C44H70O18. The van der Waals surface area contributed by atoms with Crippen molar-refractivity contribution in [3.8, 4) is 0 Å². The monoisotopic (exact) mass is 886 g/mol. The maximum atomic E-state index is 13.8. The highest BCUT2D eigenvalue weighted by Crippen LogP contribution is 2.66. The first-order chi connectivity index (χ1) is 29.2. The maximum Gasteiger partial charge on any atom is 0.189 e. The number of allylic oxidation sites excluding steroid dienone is 1. The van der Waals surface area contributed by atoms with Crippen LogP contribution in [0.2, 0.25) is 0 Å². The van der Waals surface area contributed by atoms with Crippen molar-refractivity contribution in [2.24, 2.45) is 46.3 Å².